The first kappa shape index (κ1) is 18.6. The van der Waals surface area contributed by atoms with Gasteiger partial charge in [0, 0.05) is 5.56 Å². The predicted molar refractivity (Wildman–Crippen MR) is 55.4 cm³/mol. The number of hydrogen-bond acceptors (Lipinski definition) is 2. The summed E-state index contributed by atoms with van der Waals surface area (Å²) in [4.78, 5) is 0. The molecule has 126 valence electrons. The normalized spacial score (nSPS) is 15.0. The molecule has 2 nitrogen and oxygen atoms in total. The number of nitrogens with two attached hydrogens (primary N) is 1. The van der Waals surface area contributed by atoms with E-state index in [4.69, 9.17) is 10.8 Å². The van der Waals surface area contributed by atoms with Crippen LogP contribution in [0.5, 0.6) is 0 Å². The number of hydrogen-bond donors (Lipinski definition) is 2. The lowest BCUT2D eigenvalue weighted by atomic mass is 9.93. The highest BCUT2D eigenvalue weighted by molar-refractivity contribution is 5.39. The van der Waals surface area contributed by atoms with Crippen LogP contribution in [0.25, 0.3) is 0 Å². The minimum absolute atomic E-state index is 0.363. The molecule has 22 heavy (non-hydrogen) atoms. The van der Waals surface area contributed by atoms with Crippen molar-refractivity contribution in [1.29, 1.82) is 0 Å². The Labute approximate surface area is 117 Å². The van der Waals surface area contributed by atoms with Gasteiger partial charge in [-0.1, -0.05) is 0 Å². The first-order chi connectivity index (χ1) is 9.71. The molecule has 1 rings (SSSR count). The van der Waals surface area contributed by atoms with Crippen LogP contribution < -0.4 is 5.73 Å². The molecule has 0 aliphatic carbocycles. The zero-order valence-corrected chi connectivity index (χ0v) is 10.4. The lowest BCUT2D eigenvalue weighted by Gasteiger charge is -2.26. The standard InChI is InChI=1S/C11H8F9NO/c12-6-2-4(10(15,16)17)1-5(11(18,19)20)7(6)8(21)9(13,14)3-22/h1-2,8,22H,3,21H2/t8-/m1/s1. The fraction of sp³-hybridized carbons (Fsp3) is 0.455. The minimum atomic E-state index is -5.55. The average Bonchev–Trinajstić information content (AvgIpc) is 2.34. The highest BCUT2D eigenvalue weighted by atomic mass is 19.4. The second kappa shape index (κ2) is 5.61. The fourth-order valence-corrected chi connectivity index (χ4v) is 1.64. The molecule has 3 N–H and O–H groups in total. The molecule has 0 aromatic heterocycles. The molecule has 0 saturated carbocycles. The molecule has 0 aliphatic heterocycles. The summed E-state index contributed by atoms with van der Waals surface area (Å²) in [6.07, 6.45) is -10.9. The van der Waals surface area contributed by atoms with Gasteiger partial charge in [-0.05, 0) is 12.1 Å². The van der Waals surface area contributed by atoms with Crippen LogP contribution in [0, 0.1) is 5.82 Å². The van der Waals surface area contributed by atoms with Gasteiger partial charge in [-0.3, -0.25) is 0 Å². The molecule has 0 spiro atoms. The molecule has 0 fully saturated rings. The van der Waals surface area contributed by atoms with Crippen molar-refractivity contribution in [3.05, 3.63) is 34.6 Å². The molecular formula is C11H8F9NO. The molecular weight excluding hydrogens is 333 g/mol. The van der Waals surface area contributed by atoms with Crippen LogP contribution in [0.15, 0.2) is 12.1 Å². The van der Waals surface area contributed by atoms with Crippen molar-refractivity contribution in [3.63, 3.8) is 0 Å². The molecule has 1 aromatic rings. The summed E-state index contributed by atoms with van der Waals surface area (Å²) in [7, 11) is 0. The summed E-state index contributed by atoms with van der Waals surface area (Å²) in [6.45, 7) is -2.01. The van der Waals surface area contributed by atoms with Crippen LogP contribution in [0.1, 0.15) is 22.7 Å². The van der Waals surface area contributed by atoms with Crippen molar-refractivity contribution >= 4 is 0 Å². The molecule has 0 heterocycles. The zero-order valence-electron chi connectivity index (χ0n) is 10.4. The van der Waals surface area contributed by atoms with Gasteiger partial charge in [0.2, 0.25) is 0 Å². The second-order valence-electron chi connectivity index (χ2n) is 4.31. The molecule has 0 aliphatic rings. The van der Waals surface area contributed by atoms with Gasteiger partial charge in [-0.25, -0.2) is 13.2 Å². The maximum absolute atomic E-state index is 13.6. The second-order valence-corrected chi connectivity index (χ2v) is 4.31. The first-order valence-electron chi connectivity index (χ1n) is 5.44. The Hall–Kier alpha value is -1.49. The van der Waals surface area contributed by atoms with Crippen molar-refractivity contribution in [2.75, 3.05) is 6.61 Å². The van der Waals surface area contributed by atoms with Gasteiger partial charge in [0.1, 0.15) is 18.5 Å². The average molecular weight is 341 g/mol. The van der Waals surface area contributed by atoms with Gasteiger partial charge in [0.15, 0.2) is 0 Å². The highest BCUT2D eigenvalue weighted by Gasteiger charge is 2.46. The topological polar surface area (TPSA) is 46.2 Å². The summed E-state index contributed by atoms with van der Waals surface area (Å²) in [5.74, 6) is -6.55. The summed E-state index contributed by atoms with van der Waals surface area (Å²) >= 11 is 0. The lowest BCUT2D eigenvalue weighted by Crippen LogP contribution is -2.38. The minimum Gasteiger partial charge on any atom is -0.390 e. The third kappa shape index (κ3) is 3.64. The molecule has 0 radical (unpaired) electrons. The van der Waals surface area contributed by atoms with Crippen molar-refractivity contribution in [2.24, 2.45) is 5.73 Å². The van der Waals surface area contributed by atoms with Gasteiger partial charge in [0.05, 0.1) is 11.1 Å². The quantitative estimate of drug-likeness (QED) is 0.827. The van der Waals surface area contributed by atoms with Crippen LogP contribution in [-0.4, -0.2) is 17.6 Å². The monoisotopic (exact) mass is 341 g/mol. The van der Waals surface area contributed by atoms with E-state index >= 15 is 0 Å². The Morgan fingerprint density at radius 1 is 0.955 bits per heavy atom. The Morgan fingerprint density at radius 3 is 1.82 bits per heavy atom. The number of rotatable bonds is 3. The molecule has 0 bridgehead atoms. The lowest BCUT2D eigenvalue weighted by molar-refractivity contribution is -0.145. The zero-order chi connectivity index (χ0) is 17.5. The van der Waals surface area contributed by atoms with Gasteiger partial charge in [-0.15, -0.1) is 0 Å². The van der Waals surface area contributed by atoms with E-state index in [0.29, 0.717) is 0 Å². The summed E-state index contributed by atoms with van der Waals surface area (Å²) in [5.41, 5.74) is -1.31. The SMILES string of the molecule is N[C@H](c1c(F)cc(C(F)(F)F)cc1C(F)(F)F)C(F)(F)CO. The van der Waals surface area contributed by atoms with E-state index in [0.717, 1.165) is 0 Å². The van der Waals surface area contributed by atoms with Crippen molar-refractivity contribution in [1.82, 2.24) is 0 Å². The van der Waals surface area contributed by atoms with Crippen molar-refractivity contribution < 1.29 is 44.6 Å². The highest BCUT2D eigenvalue weighted by Crippen LogP contribution is 2.42. The van der Waals surface area contributed by atoms with E-state index in [1.54, 1.807) is 0 Å². The summed E-state index contributed by atoms with van der Waals surface area (Å²) < 4.78 is 115. The van der Waals surface area contributed by atoms with Gasteiger partial charge in [-0.2, -0.15) is 26.3 Å². The predicted octanol–water partition coefficient (Wildman–Crippen LogP) is 3.49. The number of halogens is 9. The number of aliphatic hydroxyl groups is 1. The largest absolute Gasteiger partial charge is 0.416 e. The van der Waals surface area contributed by atoms with E-state index in [2.05, 4.69) is 0 Å². The van der Waals surface area contributed by atoms with Gasteiger partial charge in [0.25, 0.3) is 5.92 Å². The summed E-state index contributed by atoms with van der Waals surface area (Å²) in [6, 6.07) is -3.85. The van der Waals surface area contributed by atoms with Crippen LogP contribution in [0.4, 0.5) is 39.5 Å². The van der Waals surface area contributed by atoms with Crippen molar-refractivity contribution in [3.8, 4) is 0 Å². The first-order valence-corrected chi connectivity index (χ1v) is 5.44. The smallest absolute Gasteiger partial charge is 0.390 e. The van der Waals surface area contributed by atoms with Crippen LogP contribution in [0.2, 0.25) is 0 Å². The summed E-state index contributed by atoms with van der Waals surface area (Å²) in [5, 5.41) is 8.38. The third-order valence-corrected chi connectivity index (χ3v) is 2.74. The van der Waals surface area contributed by atoms with Gasteiger partial charge >= 0.3 is 12.4 Å². The van der Waals surface area contributed by atoms with E-state index in [1.165, 1.54) is 0 Å². The molecule has 1 aromatic carbocycles. The molecule has 0 saturated heterocycles. The van der Waals surface area contributed by atoms with Crippen LogP contribution in [0.3, 0.4) is 0 Å². The molecule has 1 atom stereocenters. The Morgan fingerprint density at radius 2 is 1.45 bits per heavy atom. The number of alkyl halides is 8. The third-order valence-electron chi connectivity index (χ3n) is 2.74. The Balaban J connectivity index is 3.65. The maximum Gasteiger partial charge on any atom is 0.416 e. The molecule has 0 amide bonds. The van der Waals surface area contributed by atoms with Gasteiger partial charge < -0.3 is 10.8 Å². The Kier molecular flexibility index (Phi) is 4.73. The molecule has 0 unspecified atom stereocenters. The number of aliphatic hydroxyl groups excluding tert-OH is 1. The van der Waals surface area contributed by atoms with E-state index in [9.17, 15) is 39.5 Å². The fourth-order valence-electron chi connectivity index (χ4n) is 1.64. The van der Waals surface area contributed by atoms with Crippen LogP contribution in [-0.2, 0) is 12.4 Å². The Bertz CT molecular complexity index is 550. The number of benzene rings is 1. The van der Waals surface area contributed by atoms with E-state index < -0.39 is 59.5 Å². The van der Waals surface area contributed by atoms with Crippen LogP contribution >= 0.6 is 0 Å². The maximum atomic E-state index is 13.6. The molecule has 11 heteroatoms. The van der Waals surface area contributed by atoms with Crippen molar-refractivity contribution in [2.45, 2.75) is 24.3 Å². The van der Waals surface area contributed by atoms with E-state index in [-0.39, 0.29) is 6.07 Å². The van der Waals surface area contributed by atoms with E-state index in [1.807, 2.05) is 0 Å².